The van der Waals surface area contributed by atoms with Gasteiger partial charge in [-0.25, -0.2) is 13.6 Å². The van der Waals surface area contributed by atoms with Crippen LogP contribution in [-0.4, -0.2) is 33.3 Å². The van der Waals surface area contributed by atoms with E-state index in [2.05, 4.69) is 33.5 Å². The maximum Gasteiger partial charge on any atom is 0.330 e. The van der Waals surface area contributed by atoms with Crippen LogP contribution in [0.1, 0.15) is 19.8 Å². The lowest BCUT2D eigenvalue weighted by molar-refractivity contribution is 0.146. The number of aromatic amines is 1. The Hall–Kier alpha value is -3.62. The molecule has 1 aliphatic rings. The van der Waals surface area contributed by atoms with Crippen LogP contribution >= 0.6 is 12.4 Å². The van der Waals surface area contributed by atoms with Gasteiger partial charge in [-0.1, -0.05) is 25.1 Å². The topological polar surface area (TPSA) is 65.1 Å². The van der Waals surface area contributed by atoms with E-state index in [1.54, 1.807) is 28.8 Å². The van der Waals surface area contributed by atoms with Crippen molar-refractivity contribution >= 4 is 40.5 Å². The minimum atomic E-state index is -0.733. The van der Waals surface area contributed by atoms with E-state index in [1.165, 1.54) is 24.3 Å². The van der Waals surface area contributed by atoms with Gasteiger partial charge < -0.3 is 15.6 Å². The largest absolute Gasteiger partial charge is 0.350 e. The number of para-hydroxylation sites is 2. The van der Waals surface area contributed by atoms with E-state index in [0.29, 0.717) is 25.9 Å². The zero-order chi connectivity index (χ0) is 24.4. The van der Waals surface area contributed by atoms with Gasteiger partial charge in [-0.05, 0) is 60.7 Å². The van der Waals surface area contributed by atoms with Crippen LogP contribution in [-0.2, 0) is 0 Å². The average Bonchev–Trinajstić information content (AvgIpc) is 3.22. The summed E-state index contributed by atoms with van der Waals surface area (Å²) in [5.74, 6) is -1.35. The Bertz CT molecular complexity index is 1370. The van der Waals surface area contributed by atoms with Crippen molar-refractivity contribution in [3.05, 3.63) is 101 Å². The van der Waals surface area contributed by atoms with Crippen LogP contribution in [0.3, 0.4) is 0 Å². The zero-order valence-corrected chi connectivity index (χ0v) is 20.6. The van der Waals surface area contributed by atoms with Crippen molar-refractivity contribution in [1.29, 1.82) is 0 Å². The number of benzene rings is 3. The van der Waals surface area contributed by atoms with Gasteiger partial charge in [0.25, 0.3) is 0 Å². The van der Waals surface area contributed by atoms with Crippen molar-refractivity contribution in [1.82, 2.24) is 14.5 Å². The first-order valence-electron chi connectivity index (χ1n) is 11.7. The number of rotatable bonds is 7. The summed E-state index contributed by atoms with van der Waals surface area (Å²) in [6.45, 7) is 3.28. The molecular weight excluding hydrogens is 484 g/mol. The van der Waals surface area contributed by atoms with Crippen molar-refractivity contribution in [2.45, 2.75) is 25.6 Å². The Kier molecular flexibility index (Phi) is 7.47. The number of nitrogens with one attached hydrogen (secondary N) is 3. The van der Waals surface area contributed by atoms with Crippen LogP contribution in [0.5, 0.6) is 0 Å². The second kappa shape index (κ2) is 10.6. The summed E-state index contributed by atoms with van der Waals surface area (Å²) in [7, 11) is 0. The summed E-state index contributed by atoms with van der Waals surface area (Å²) in [6.07, 6.45) is 3.37. The van der Waals surface area contributed by atoms with E-state index in [1.807, 2.05) is 24.3 Å². The number of nitrogens with zero attached hydrogens (tertiary/aromatic N) is 2. The van der Waals surface area contributed by atoms with Crippen molar-refractivity contribution in [3.8, 4) is 0 Å². The lowest BCUT2D eigenvalue weighted by Gasteiger charge is -2.46. The maximum atomic E-state index is 13.5. The number of H-pyrrole nitrogens is 1. The molecular formula is C27H28ClF2N5O. The van der Waals surface area contributed by atoms with Crippen molar-refractivity contribution in [2.24, 2.45) is 0 Å². The zero-order valence-electron chi connectivity index (χ0n) is 19.8. The number of hydrogen-bond donors (Lipinski definition) is 3. The van der Waals surface area contributed by atoms with Gasteiger partial charge in [0.1, 0.15) is 11.6 Å². The van der Waals surface area contributed by atoms with Crippen molar-refractivity contribution < 1.29 is 8.78 Å². The lowest BCUT2D eigenvalue weighted by atomic mass is 10.1. The van der Waals surface area contributed by atoms with Crippen LogP contribution in [0.15, 0.2) is 83.7 Å². The third kappa shape index (κ3) is 5.01. The fourth-order valence-corrected chi connectivity index (χ4v) is 4.68. The normalized spacial score (nSPS) is 14.2. The molecule has 36 heavy (non-hydrogen) atoms. The number of imidazole rings is 1. The van der Waals surface area contributed by atoms with E-state index < -0.39 is 5.79 Å². The number of aromatic nitrogens is 2. The first-order chi connectivity index (χ1) is 17.0. The molecule has 0 fully saturated rings. The third-order valence-electron chi connectivity index (χ3n) is 6.50. The van der Waals surface area contributed by atoms with Crippen LogP contribution in [0.2, 0.25) is 0 Å². The van der Waals surface area contributed by atoms with Gasteiger partial charge in [0.15, 0.2) is 5.79 Å². The van der Waals surface area contributed by atoms with Crippen LogP contribution < -0.4 is 16.3 Å². The predicted molar refractivity (Wildman–Crippen MR) is 143 cm³/mol. The van der Waals surface area contributed by atoms with E-state index in [9.17, 15) is 13.6 Å². The predicted octanol–water partition coefficient (Wildman–Crippen LogP) is 5.86. The second-order valence-corrected chi connectivity index (χ2v) is 8.65. The number of anilines is 2. The Morgan fingerprint density at radius 2 is 1.50 bits per heavy atom. The second-order valence-electron chi connectivity index (χ2n) is 8.65. The van der Waals surface area contributed by atoms with Crippen LogP contribution in [0, 0.1) is 11.6 Å². The van der Waals surface area contributed by atoms with E-state index in [-0.39, 0.29) is 29.7 Å². The summed E-state index contributed by atoms with van der Waals surface area (Å²) in [5, 5.41) is 7.09. The molecule has 0 amide bonds. The van der Waals surface area contributed by atoms with Crippen molar-refractivity contribution in [3.63, 3.8) is 0 Å². The smallest absolute Gasteiger partial charge is 0.330 e. The van der Waals surface area contributed by atoms with E-state index >= 15 is 0 Å². The molecule has 0 unspecified atom stereocenters. The molecule has 0 spiro atoms. The average molecular weight is 512 g/mol. The third-order valence-corrected chi connectivity index (χ3v) is 6.50. The number of hydrogen-bond acceptors (Lipinski definition) is 4. The van der Waals surface area contributed by atoms with Crippen LogP contribution in [0.4, 0.5) is 20.2 Å². The molecule has 6 nitrogen and oxygen atoms in total. The molecule has 0 saturated heterocycles. The molecule has 3 aromatic carbocycles. The fraction of sp³-hybridized carbons (Fsp3) is 0.222. The number of fused-ring (bicyclic) bond motifs is 1. The van der Waals surface area contributed by atoms with Crippen LogP contribution in [0.25, 0.3) is 16.7 Å². The minimum Gasteiger partial charge on any atom is -0.350 e. The standard InChI is InChI=1S/C27H27F2N5O.ClH/c1-2-27(31-21-11-7-19(28)8-12-21,32-22-13-9-20(29)10-14-22)33-17-15-23(16-18-33)34-25-6-4-3-5-24(25)30-26(34)35;/h3-15,31-32H,2,16-18H2,1H3,(H,30,35);1H. The summed E-state index contributed by atoms with van der Waals surface area (Å²) >= 11 is 0. The Morgan fingerprint density at radius 3 is 2.03 bits per heavy atom. The SMILES string of the molecule is CCC(Nc1ccc(F)cc1)(Nc1ccc(F)cc1)N1CC=C(n2c(=O)[nH]c3ccccc32)CC1.Cl. The summed E-state index contributed by atoms with van der Waals surface area (Å²) in [5.41, 5.74) is 3.96. The van der Waals surface area contributed by atoms with Gasteiger partial charge >= 0.3 is 5.69 Å². The highest BCUT2D eigenvalue weighted by atomic mass is 35.5. The summed E-state index contributed by atoms with van der Waals surface area (Å²) in [6, 6.07) is 20.1. The molecule has 9 heteroatoms. The molecule has 0 aliphatic carbocycles. The molecule has 4 aromatic rings. The molecule has 188 valence electrons. The molecule has 1 aromatic heterocycles. The summed E-state index contributed by atoms with van der Waals surface area (Å²) in [4.78, 5) is 17.8. The highest BCUT2D eigenvalue weighted by molar-refractivity contribution is 5.85. The van der Waals surface area contributed by atoms with Gasteiger partial charge in [-0.15, -0.1) is 12.4 Å². The molecule has 0 bridgehead atoms. The van der Waals surface area contributed by atoms with Gasteiger partial charge in [0, 0.05) is 43.0 Å². The molecule has 1 aliphatic heterocycles. The Morgan fingerprint density at radius 1 is 0.917 bits per heavy atom. The monoisotopic (exact) mass is 511 g/mol. The molecule has 3 N–H and O–H groups in total. The molecule has 0 saturated carbocycles. The van der Waals surface area contributed by atoms with Gasteiger partial charge in [0.05, 0.1) is 11.0 Å². The lowest BCUT2D eigenvalue weighted by Crippen LogP contribution is -2.61. The molecule has 0 radical (unpaired) electrons. The quantitative estimate of drug-likeness (QED) is 0.272. The van der Waals surface area contributed by atoms with E-state index in [4.69, 9.17) is 0 Å². The summed E-state index contributed by atoms with van der Waals surface area (Å²) < 4.78 is 28.8. The van der Waals surface area contributed by atoms with E-state index in [0.717, 1.165) is 28.1 Å². The number of halogens is 3. The van der Waals surface area contributed by atoms with Gasteiger partial charge in [-0.3, -0.25) is 9.47 Å². The Labute approximate surface area is 214 Å². The minimum absolute atomic E-state index is 0. The molecule has 2 heterocycles. The molecule has 0 atom stereocenters. The van der Waals surface area contributed by atoms with Gasteiger partial charge in [-0.2, -0.15) is 0 Å². The highest BCUT2D eigenvalue weighted by Crippen LogP contribution is 2.30. The maximum absolute atomic E-state index is 13.5. The fourth-order valence-electron chi connectivity index (χ4n) is 4.68. The van der Waals surface area contributed by atoms with Gasteiger partial charge in [0.2, 0.25) is 0 Å². The highest BCUT2D eigenvalue weighted by Gasteiger charge is 2.36. The molecule has 5 rings (SSSR count). The van der Waals surface area contributed by atoms with Crippen molar-refractivity contribution in [2.75, 3.05) is 23.7 Å². The first kappa shape index (κ1) is 25.5. The Balaban J connectivity index is 0.00000304. The first-order valence-corrected chi connectivity index (χ1v) is 11.7.